The zero-order valence-electron chi connectivity index (χ0n) is 14.1. The fraction of sp³-hybridized carbons (Fsp3) is 0.765. The van der Waals surface area contributed by atoms with Gasteiger partial charge in [-0.3, -0.25) is 4.79 Å². The molecule has 1 aromatic heterocycles. The lowest BCUT2D eigenvalue weighted by Crippen LogP contribution is -2.48. The lowest BCUT2D eigenvalue weighted by atomic mass is 9.96. The molecule has 2 saturated heterocycles. The molecule has 0 spiro atoms. The minimum absolute atomic E-state index is 0.168. The number of amides is 1. The van der Waals surface area contributed by atoms with Crippen molar-refractivity contribution in [3.05, 3.63) is 17.0 Å². The molecule has 1 amide bonds. The zero-order valence-corrected chi connectivity index (χ0v) is 14.1. The largest absolute Gasteiger partial charge is 0.361 e. The van der Waals surface area contributed by atoms with Crippen LogP contribution >= 0.6 is 0 Å². The van der Waals surface area contributed by atoms with Crippen LogP contribution in [-0.2, 0) is 4.79 Å². The van der Waals surface area contributed by atoms with Gasteiger partial charge in [-0.25, -0.2) is 0 Å². The van der Waals surface area contributed by atoms with Gasteiger partial charge in [-0.1, -0.05) is 5.16 Å². The minimum Gasteiger partial charge on any atom is -0.361 e. The van der Waals surface area contributed by atoms with Gasteiger partial charge in [-0.05, 0) is 60.0 Å². The fourth-order valence-electron chi connectivity index (χ4n) is 4.37. The molecule has 5 heteroatoms. The molecule has 0 N–H and O–H groups in total. The van der Waals surface area contributed by atoms with Crippen molar-refractivity contribution in [2.24, 2.45) is 0 Å². The molecule has 2 aliphatic heterocycles. The second-order valence-corrected chi connectivity index (χ2v) is 6.89. The van der Waals surface area contributed by atoms with Crippen LogP contribution in [0.25, 0.3) is 0 Å². The number of nitrogens with zero attached hydrogens (tertiary/aromatic N) is 3. The first-order valence-electron chi connectivity index (χ1n) is 8.44. The van der Waals surface area contributed by atoms with Crippen LogP contribution in [0.2, 0.25) is 0 Å². The first-order chi connectivity index (χ1) is 10.5. The summed E-state index contributed by atoms with van der Waals surface area (Å²) in [6, 6.07) is 0.909. The Morgan fingerprint density at radius 1 is 1.23 bits per heavy atom. The lowest BCUT2D eigenvalue weighted by molar-refractivity contribution is -0.134. The summed E-state index contributed by atoms with van der Waals surface area (Å²) in [7, 11) is 2.19. The smallest absolute Gasteiger partial charge is 0.230 e. The highest BCUT2D eigenvalue weighted by atomic mass is 16.5. The van der Waals surface area contributed by atoms with E-state index < -0.39 is 0 Å². The average molecular weight is 305 g/mol. The van der Waals surface area contributed by atoms with E-state index in [2.05, 4.69) is 22.0 Å². The maximum absolute atomic E-state index is 13.1. The van der Waals surface area contributed by atoms with Crippen molar-refractivity contribution in [1.29, 1.82) is 0 Å². The Kier molecular flexibility index (Phi) is 4.26. The van der Waals surface area contributed by atoms with Gasteiger partial charge in [0.1, 0.15) is 5.76 Å². The van der Waals surface area contributed by atoms with E-state index in [9.17, 15) is 4.79 Å². The highest BCUT2D eigenvalue weighted by molar-refractivity contribution is 5.84. The summed E-state index contributed by atoms with van der Waals surface area (Å²) < 4.78 is 5.24. The summed E-state index contributed by atoms with van der Waals surface area (Å²) in [4.78, 5) is 17.6. The molecular weight excluding hydrogens is 278 g/mol. The van der Waals surface area contributed by atoms with Crippen molar-refractivity contribution in [2.45, 2.75) is 64.5 Å². The molecule has 5 nitrogen and oxygen atoms in total. The third-order valence-corrected chi connectivity index (χ3v) is 5.50. The van der Waals surface area contributed by atoms with Crippen molar-refractivity contribution in [2.75, 3.05) is 20.1 Å². The van der Waals surface area contributed by atoms with Gasteiger partial charge in [0.05, 0.1) is 11.6 Å². The predicted molar refractivity (Wildman–Crippen MR) is 84.8 cm³/mol. The first kappa shape index (κ1) is 15.5. The number of hydrogen-bond acceptors (Lipinski definition) is 4. The molecule has 3 atom stereocenters. The molecule has 0 saturated carbocycles. The highest BCUT2D eigenvalue weighted by Crippen LogP contribution is 2.33. The number of likely N-dealkylation sites (N-methyl/N-ethyl adjacent to an activating group) is 1. The van der Waals surface area contributed by atoms with Gasteiger partial charge >= 0.3 is 0 Å². The molecule has 122 valence electrons. The van der Waals surface area contributed by atoms with Crippen LogP contribution in [0, 0.1) is 13.8 Å². The molecule has 22 heavy (non-hydrogen) atoms. The molecule has 0 radical (unpaired) electrons. The minimum atomic E-state index is -0.168. The van der Waals surface area contributed by atoms with Crippen LogP contribution in [0.15, 0.2) is 4.52 Å². The van der Waals surface area contributed by atoms with E-state index in [0.717, 1.165) is 42.9 Å². The monoisotopic (exact) mass is 305 g/mol. The van der Waals surface area contributed by atoms with Gasteiger partial charge in [0, 0.05) is 24.2 Å². The van der Waals surface area contributed by atoms with Crippen molar-refractivity contribution in [1.82, 2.24) is 15.0 Å². The summed E-state index contributed by atoms with van der Waals surface area (Å²) in [6.45, 7) is 7.85. The van der Waals surface area contributed by atoms with Crippen molar-refractivity contribution >= 4 is 5.91 Å². The number of aryl methyl sites for hydroxylation is 2. The predicted octanol–water partition coefficient (Wildman–Crippen LogP) is 2.48. The average Bonchev–Trinajstić information content (AvgIpc) is 3.18. The molecule has 3 rings (SSSR count). The van der Waals surface area contributed by atoms with Crippen molar-refractivity contribution in [3.63, 3.8) is 0 Å². The Balaban J connectivity index is 1.79. The topological polar surface area (TPSA) is 49.6 Å². The van der Waals surface area contributed by atoms with Crippen LogP contribution in [-0.4, -0.2) is 53.1 Å². The van der Waals surface area contributed by atoms with Gasteiger partial charge in [0.15, 0.2) is 0 Å². The number of carbonyl (C=O) groups is 1. The summed E-state index contributed by atoms with van der Waals surface area (Å²) in [5.41, 5.74) is 1.81. The third kappa shape index (κ3) is 2.56. The van der Waals surface area contributed by atoms with Gasteiger partial charge in [0.2, 0.25) is 5.91 Å². The Morgan fingerprint density at radius 3 is 2.50 bits per heavy atom. The summed E-state index contributed by atoms with van der Waals surface area (Å²) >= 11 is 0. The summed E-state index contributed by atoms with van der Waals surface area (Å²) in [6.07, 6.45) is 4.72. The standard InChI is InChI=1S/C17H27N3O2/c1-11(16-12(2)18-22-13(16)3)17(21)20-10-6-8-15(20)14-7-5-9-19(14)4/h11,14-15H,5-10H2,1-4H3/t11-,14+,15+/m0/s1. The third-order valence-electron chi connectivity index (χ3n) is 5.50. The number of aromatic nitrogens is 1. The van der Waals surface area contributed by atoms with E-state index in [0.29, 0.717) is 12.1 Å². The highest BCUT2D eigenvalue weighted by Gasteiger charge is 2.40. The Morgan fingerprint density at radius 2 is 1.91 bits per heavy atom. The second-order valence-electron chi connectivity index (χ2n) is 6.89. The van der Waals surface area contributed by atoms with E-state index >= 15 is 0 Å². The number of rotatable bonds is 3. The summed E-state index contributed by atoms with van der Waals surface area (Å²) in [5.74, 6) is 0.836. The van der Waals surface area contributed by atoms with Crippen molar-refractivity contribution in [3.8, 4) is 0 Å². The van der Waals surface area contributed by atoms with Gasteiger partial charge < -0.3 is 14.3 Å². The summed E-state index contributed by atoms with van der Waals surface area (Å²) in [5, 5.41) is 4.00. The van der Waals surface area contributed by atoms with Crippen LogP contribution in [0.3, 0.4) is 0 Å². The molecule has 3 heterocycles. The maximum atomic E-state index is 13.1. The second kappa shape index (κ2) is 6.03. The van der Waals surface area contributed by atoms with Crippen LogP contribution in [0.4, 0.5) is 0 Å². The van der Waals surface area contributed by atoms with E-state index in [1.165, 1.54) is 12.8 Å². The SMILES string of the molecule is Cc1noc(C)c1[C@H](C)C(=O)N1CCC[C@@H]1[C@H]1CCCN1C. The van der Waals surface area contributed by atoms with Gasteiger partial charge in [-0.15, -0.1) is 0 Å². The molecule has 0 bridgehead atoms. The Hall–Kier alpha value is -1.36. The number of hydrogen-bond donors (Lipinski definition) is 0. The van der Waals surface area contributed by atoms with E-state index in [1.54, 1.807) is 0 Å². The Bertz CT molecular complexity index is 535. The maximum Gasteiger partial charge on any atom is 0.230 e. The van der Waals surface area contributed by atoms with E-state index in [-0.39, 0.29) is 11.8 Å². The van der Waals surface area contributed by atoms with Crippen LogP contribution in [0.1, 0.15) is 55.5 Å². The van der Waals surface area contributed by atoms with Gasteiger partial charge in [-0.2, -0.15) is 0 Å². The first-order valence-corrected chi connectivity index (χ1v) is 8.44. The van der Waals surface area contributed by atoms with E-state index in [1.807, 2.05) is 20.8 Å². The zero-order chi connectivity index (χ0) is 15.9. The van der Waals surface area contributed by atoms with Crippen LogP contribution in [0.5, 0.6) is 0 Å². The normalized spacial score (nSPS) is 27.5. The molecule has 2 aliphatic rings. The lowest BCUT2D eigenvalue weighted by Gasteiger charge is -2.34. The number of carbonyl (C=O) groups excluding carboxylic acids is 1. The molecule has 2 fully saturated rings. The molecule has 0 unspecified atom stereocenters. The van der Waals surface area contributed by atoms with Gasteiger partial charge in [0.25, 0.3) is 0 Å². The molecule has 1 aromatic rings. The van der Waals surface area contributed by atoms with Crippen LogP contribution < -0.4 is 0 Å². The molecule has 0 aliphatic carbocycles. The quantitative estimate of drug-likeness (QED) is 0.861. The Labute approximate surface area is 132 Å². The van der Waals surface area contributed by atoms with E-state index in [4.69, 9.17) is 4.52 Å². The molecule has 0 aromatic carbocycles. The molecular formula is C17H27N3O2. The van der Waals surface area contributed by atoms with Crippen molar-refractivity contribution < 1.29 is 9.32 Å². The number of likely N-dealkylation sites (tertiary alicyclic amines) is 2. The fourth-order valence-corrected chi connectivity index (χ4v) is 4.37.